The van der Waals surface area contributed by atoms with Crippen molar-refractivity contribution >= 4 is 17.7 Å². The maximum atomic E-state index is 12.3. The van der Waals surface area contributed by atoms with Gasteiger partial charge in [0.15, 0.2) is 0 Å². The van der Waals surface area contributed by atoms with Crippen LogP contribution in [0.3, 0.4) is 0 Å². The van der Waals surface area contributed by atoms with Crippen molar-refractivity contribution in [1.82, 2.24) is 0 Å². The van der Waals surface area contributed by atoms with Gasteiger partial charge in [0.2, 0.25) is 5.76 Å². The number of carboxylic acid groups (broad SMARTS) is 2. The summed E-state index contributed by atoms with van der Waals surface area (Å²) in [6.45, 7) is 1.57. The molecule has 0 spiro atoms. The Morgan fingerprint density at radius 3 is 2.00 bits per heavy atom. The first-order valence-corrected chi connectivity index (χ1v) is 5.10. The van der Waals surface area contributed by atoms with Crippen LogP contribution in [-0.4, -0.2) is 45.7 Å². The number of carbonyl (C=O) groups is 2. The number of aliphatic carboxylic acids is 2. The molecule has 0 aliphatic heterocycles. The molecule has 0 aliphatic rings. The first kappa shape index (κ1) is 16.9. The minimum atomic E-state index is -5.29. The molecular formula is C10H12F3NO5. The summed E-state index contributed by atoms with van der Waals surface area (Å²) in [4.78, 5) is 24.8. The molecule has 19 heavy (non-hydrogen) atoms. The van der Waals surface area contributed by atoms with E-state index in [0.29, 0.717) is 6.42 Å². The molecule has 9 heteroatoms. The number of carboxylic acids is 2. The summed E-state index contributed by atoms with van der Waals surface area (Å²) in [6.07, 6.45) is -5.94. The van der Waals surface area contributed by atoms with Crippen LogP contribution < -0.4 is 0 Å². The molecule has 0 amide bonds. The van der Waals surface area contributed by atoms with Gasteiger partial charge in [-0.2, -0.15) is 13.2 Å². The summed E-state index contributed by atoms with van der Waals surface area (Å²) in [6, 6.07) is 0. The zero-order valence-corrected chi connectivity index (χ0v) is 9.86. The second-order valence-electron chi connectivity index (χ2n) is 3.43. The maximum Gasteiger partial charge on any atom is 0.449 e. The van der Waals surface area contributed by atoms with Crippen molar-refractivity contribution in [2.45, 2.75) is 25.9 Å². The minimum Gasteiger partial charge on any atom is -0.504 e. The molecule has 3 N–H and O–H groups in total. The summed E-state index contributed by atoms with van der Waals surface area (Å²) in [7, 11) is 0. The van der Waals surface area contributed by atoms with E-state index in [2.05, 4.69) is 4.99 Å². The summed E-state index contributed by atoms with van der Waals surface area (Å²) < 4.78 is 36.9. The van der Waals surface area contributed by atoms with E-state index >= 15 is 0 Å². The summed E-state index contributed by atoms with van der Waals surface area (Å²) >= 11 is 0. The highest BCUT2D eigenvalue weighted by molar-refractivity contribution is 6.23. The molecule has 0 aromatic heterocycles. The predicted molar refractivity (Wildman–Crippen MR) is 58.2 cm³/mol. The van der Waals surface area contributed by atoms with Crippen molar-refractivity contribution in [3.05, 3.63) is 11.3 Å². The molecule has 6 nitrogen and oxygen atoms in total. The normalized spacial score (nSPS) is 14.0. The van der Waals surface area contributed by atoms with Crippen LogP contribution in [0.2, 0.25) is 0 Å². The van der Waals surface area contributed by atoms with Crippen molar-refractivity contribution < 1.29 is 38.1 Å². The van der Waals surface area contributed by atoms with Gasteiger partial charge in [-0.05, 0) is 6.42 Å². The highest BCUT2D eigenvalue weighted by Gasteiger charge is 2.40. The predicted octanol–water partition coefficient (Wildman–Crippen LogP) is 1.77. The average molecular weight is 283 g/mol. The lowest BCUT2D eigenvalue weighted by Gasteiger charge is -2.11. The molecule has 0 aromatic carbocycles. The van der Waals surface area contributed by atoms with Crippen LogP contribution in [0.15, 0.2) is 16.3 Å². The Morgan fingerprint density at radius 2 is 1.68 bits per heavy atom. The zero-order chi connectivity index (χ0) is 15.2. The zero-order valence-electron chi connectivity index (χ0n) is 9.86. The van der Waals surface area contributed by atoms with Crippen molar-refractivity contribution in [3.8, 4) is 0 Å². The Bertz CT molecular complexity index is 425. The third-order valence-corrected chi connectivity index (χ3v) is 1.85. The summed E-state index contributed by atoms with van der Waals surface area (Å²) in [5.41, 5.74) is -2.36. The molecule has 0 aliphatic carbocycles. The Kier molecular flexibility index (Phi) is 6.03. The number of allylic oxidation sites excluding steroid dienone is 1. The Morgan fingerprint density at radius 1 is 1.16 bits per heavy atom. The lowest BCUT2D eigenvalue weighted by atomic mass is 10.1. The highest BCUT2D eigenvalue weighted by atomic mass is 19.4. The Labute approximate surface area is 105 Å². The van der Waals surface area contributed by atoms with Crippen LogP contribution in [0.25, 0.3) is 0 Å². The molecule has 0 heterocycles. The number of alkyl halides is 3. The molecule has 0 bridgehead atoms. The van der Waals surface area contributed by atoms with Crippen molar-refractivity contribution in [2.75, 3.05) is 6.54 Å². The number of halogens is 3. The van der Waals surface area contributed by atoms with E-state index in [1.807, 2.05) is 0 Å². The third kappa shape index (κ3) is 5.40. The van der Waals surface area contributed by atoms with Gasteiger partial charge in [0, 0.05) is 6.54 Å². The van der Waals surface area contributed by atoms with Crippen LogP contribution in [0.5, 0.6) is 0 Å². The molecule has 0 aromatic rings. The van der Waals surface area contributed by atoms with Crippen LogP contribution >= 0.6 is 0 Å². The van der Waals surface area contributed by atoms with Gasteiger partial charge in [0.05, 0.1) is 12.1 Å². The second kappa shape index (κ2) is 6.76. The van der Waals surface area contributed by atoms with Crippen LogP contribution in [0.1, 0.15) is 19.8 Å². The van der Waals surface area contributed by atoms with E-state index in [-0.39, 0.29) is 6.54 Å². The SMILES string of the molecule is CCCN=C(CC(=O)O)C(C(=O)O)=C(O)C(F)(F)F. The maximum absolute atomic E-state index is 12.3. The number of aliphatic hydroxyl groups excluding tert-OH is 1. The van der Waals surface area contributed by atoms with Gasteiger partial charge in [0.25, 0.3) is 0 Å². The number of hydrogen-bond acceptors (Lipinski definition) is 4. The van der Waals surface area contributed by atoms with Gasteiger partial charge in [-0.1, -0.05) is 6.92 Å². The number of hydrogen-bond donors (Lipinski definition) is 3. The molecule has 0 fully saturated rings. The average Bonchev–Trinajstić information content (AvgIpc) is 2.23. The van der Waals surface area contributed by atoms with Gasteiger partial charge in [-0.25, -0.2) is 4.79 Å². The smallest absolute Gasteiger partial charge is 0.449 e. The Hall–Kier alpha value is -2.06. The summed E-state index contributed by atoms with van der Waals surface area (Å²) in [5.74, 6) is -6.01. The van der Waals surface area contributed by atoms with E-state index in [1.54, 1.807) is 6.92 Å². The molecule has 0 radical (unpaired) electrons. The molecule has 0 unspecified atom stereocenters. The summed E-state index contributed by atoms with van der Waals surface area (Å²) in [5, 5.41) is 26.1. The van der Waals surface area contributed by atoms with E-state index in [9.17, 15) is 22.8 Å². The van der Waals surface area contributed by atoms with E-state index in [0.717, 1.165) is 0 Å². The van der Waals surface area contributed by atoms with Gasteiger partial charge in [-0.15, -0.1) is 0 Å². The fourth-order valence-corrected chi connectivity index (χ4v) is 1.12. The minimum absolute atomic E-state index is 0.0511. The number of rotatable bonds is 6. The van der Waals surface area contributed by atoms with Crippen molar-refractivity contribution in [1.29, 1.82) is 0 Å². The second-order valence-corrected chi connectivity index (χ2v) is 3.43. The van der Waals surface area contributed by atoms with Crippen molar-refractivity contribution in [3.63, 3.8) is 0 Å². The van der Waals surface area contributed by atoms with Crippen LogP contribution in [0.4, 0.5) is 13.2 Å². The van der Waals surface area contributed by atoms with E-state index in [4.69, 9.17) is 15.3 Å². The number of aliphatic hydroxyl groups is 1. The molecule has 0 rings (SSSR count). The van der Waals surface area contributed by atoms with Gasteiger partial charge in [-0.3, -0.25) is 9.79 Å². The first-order chi connectivity index (χ1) is 8.61. The first-order valence-electron chi connectivity index (χ1n) is 5.10. The van der Waals surface area contributed by atoms with E-state index in [1.165, 1.54) is 0 Å². The monoisotopic (exact) mass is 283 g/mol. The highest BCUT2D eigenvalue weighted by Crippen LogP contribution is 2.27. The molecular weight excluding hydrogens is 271 g/mol. The van der Waals surface area contributed by atoms with Crippen molar-refractivity contribution in [2.24, 2.45) is 4.99 Å². The topological polar surface area (TPSA) is 107 Å². The largest absolute Gasteiger partial charge is 0.504 e. The van der Waals surface area contributed by atoms with Gasteiger partial charge >= 0.3 is 18.1 Å². The lowest BCUT2D eigenvalue weighted by molar-refractivity contribution is -0.137. The Balaban J connectivity index is 5.80. The molecule has 0 atom stereocenters. The van der Waals surface area contributed by atoms with Crippen LogP contribution in [-0.2, 0) is 9.59 Å². The number of nitrogens with zero attached hydrogens (tertiary/aromatic N) is 1. The van der Waals surface area contributed by atoms with E-state index < -0.39 is 41.6 Å². The number of aliphatic imine (C=N–C) groups is 1. The molecule has 0 saturated carbocycles. The van der Waals surface area contributed by atoms with Gasteiger partial charge < -0.3 is 15.3 Å². The standard InChI is InChI=1S/C10H12F3NO5/c1-2-3-14-5(4-6(15)16)7(9(18)19)8(17)10(11,12)13/h17H,2-4H2,1H3,(H,15,16)(H,18,19). The lowest BCUT2D eigenvalue weighted by Crippen LogP contribution is -2.24. The molecule has 108 valence electrons. The fourth-order valence-electron chi connectivity index (χ4n) is 1.12. The quantitative estimate of drug-likeness (QED) is 0.391. The van der Waals surface area contributed by atoms with Crippen LogP contribution in [0, 0.1) is 0 Å². The third-order valence-electron chi connectivity index (χ3n) is 1.85. The van der Waals surface area contributed by atoms with Gasteiger partial charge in [0.1, 0.15) is 5.57 Å². The molecule has 0 saturated heterocycles. The fraction of sp³-hybridized carbons (Fsp3) is 0.500.